The number of hydrogen-bond donors (Lipinski definition) is 1. The van der Waals surface area contributed by atoms with Gasteiger partial charge in [0.1, 0.15) is 5.78 Å². The van der Waals surface area contributed by atoms with E-state index in [1.807, 2.05) is 0 Å². The van der Waals surface area contributed by atoms with Crippen LogP contribution in [0.2, 0.25) is 0 Å². The Morgan fingerprint density at radius 2 is 2.05 bits per heavy atom. The maximum atomic E-state index is 12.0. The number of Topliss-reactive ketones (excluding diaryl/α,β-unsaturated/α-hetero) is 1. The minimum atomic E-state index is -0.243. The predicted octanol–water partition coefficient (Wildman–Crippen LogP) is 3.65. The zero-order valence-electron chi connectivity index (χ0n) is 14.2. The molecule has 0 heterocycles. The molecule has 1 aliphatic rings. The highest BCUT2D eigenvalue weighted by molar-refractivity contribution is 5.84. The highest BCUT2D eigenvalue weighted by atomic mass is 16.5. The molecule has 4 nitrogen and oxygen atoms in total. The molecule has 1 fully saturated rings. The lowest BCUT2D eigenvalue weighted by atomic mass is 9.86. The third-order valence-corrected chi connectivity index (χ3v) is 4.72. The Labute approximate surface area is 134 Å². The lowest BCUT2D eigenvalue weighted by Gasteiger charge is -2.19. The summed E-state index contributed by atoms with van der Waals surface area (Å²) in [5.41, 5.74) is 0. The van der Waals surface area contributed by atoms with Gasteiger partial charge in [0.15, 0.2) is 0 Å². The molecule has 0 aromatic rings. The molecular weight excluding hydrogens is 280 g/mol. The van der Waals surface area contributed by atoms with E-state index in [9.17, 15) is 14.7 Å². The first-order valence-electron chi connectivity index (χ1n) is 8.94. The fourth-order valence-corrected chi connectivity index (χ4v) is 3.41. The van der Waals surface area contributed by atoms with Crippen molar-refractivity contribution >= 4 is 11.8 Å². The maximum Gasteiger partial charge on any atom is 0.305 e. The average Bonchev–Trinajstić information content (AvgIpc) is 2.84. The van der Waals surface area contributed by atoms with Gasteiger partial charge in [-0.15, -0.1) is 0 Å². The van der Waals surface area contributed by atoms with E-state index in [4.69, 9.17) is 4.74 Å². The van der Waals surface area contributed by atoms with Gasteiger partial charge < -0.3 is 9.84 Å². The Balaban J connectivity index is 2.31. The molecule has 0 aromatic carbocycles. The number of aliphatic hydroxyl groups is 1. The van der Waals surface area contributed by atoms with E-state index >= 15 is 0 Å². The first-order valence-corrected chi connectivity index (χ1v) is 8.94. The summed E-state index contributed by atoms with van der Waals surface area (Å²) < 4.78 is 4.94. The third kappa shape index (κ3) is 6.91. The summed E-state index contributed by atoms with van der Waals surface area (Å²) in [5, 5.41) is 10.0. The fraction of sp³-hybridized carbons (Fsp3) is 0.889. The zero-order valence-corrected chi connectivity index (χ0v) is 14.2. The van der Waals surface area contributed by atoms with Crippen molar-refractivity contribution in [3.63, 3.8) is 0 Å². The van der Waals surface area contributed by atoms with Gasteiger partial charge in [0, 0.05) is 18.8 Å². The molecule has 0 spiro atoms. The molecule has 1 N–H and O–H groups in total. The standard InChI is InChI=1S/C18H32O4/c1-3-5-6-7-15(19)10-8-14-9-12-17(20)16(14)11-13-18(21)22-4-2/h14-16,19H,3-13H2,1-2H3. The number of esters is 1. The number of ketones is 1. The second-order valence-electron chi connectivity index (χ2n) is 6.44. The number of aliphatic hydroxyl groups excluding tert-OH is 1. The van der Waals surface area contributed by atoms with E-state index in [2.05, 4.69) is 6.92 Å². The van der Waals surface area contributed by atoms with E-state index in [1.54, 1.807) is 6.92 Å². The van der Waals surface area contributed by atoms with Crippen molar-refractivity contribution in [3.8, 4) is 0 Å². The fourth-order valence-electron chi connectivity index (χ4n) is 3.41. The Morgan fingerprint density at radius 3 is 2.73 bits per heavy atom. The van der Waals surface area contributed by atoms with Gasteiger partial charge in [-0.3, -0.25) is 9.59 Å². The van der Waals surface area contributed by atoms with Crippen molar-refractivity contribution in [2.45, 2.75) is 84.2 Å². The number of carbonyl (C=O) groups is 2. The summed E-state index contributed by atoms with van der Waals surface area (Å²) in [7, 11) is 0. The summed E-state index contributed by atoms with van der Waals surface area (Å²) >= 11 is 0. The molecule has 0 amide bonds. The molecule has 1 aliphatic carbocycles. The topological polar surface area (TPSA) is 63.6 Å². The number of unbranched alkanes of at least 4 members (excludes halogenated alkanes) is 2. The Morgan fingerprint density at radius 1 is 1.27 bits per heavy atom. The molecule has 0 radical (unpaired) electrons. The number of rotatable bonds is 11. The molecule has 0 bridgehead atoms. The monoisotopic (exact) mass is 312 g/mol. The van der Waals surface area contributed by atoms with Crippen molar-refractivity contribution in [2.75, 3.05) is 6.61 Å². The highest BCUT2D eigenvalue weighted by Gasteiger charge is 2.34. The number of carbonyl (C=O) groups excluding carboxylic acids is 2. The van der Waals surface area contributed by atoms with Gasteiger partial charge in [0.25, 0.3) is 0 Å². The van der Waals surface area contributed by atoms with Crippen molar-refractivity contribution in [1.29, 1.82) is 0 Å². The summed E-state index contributed by atoms with van der Waals surface area (Å²) in [6.07, 6.45) is 8.18. The van der Waals surface area contributed by atoms with Crippen LogP contribution in [0.5, 0.6) is 0 Å². The van der Waals surface area contributed by atoms with Crippen LogP contribution in [0.3, 0.4) is 0 Å². The summed E-state index contributed by atoms with van der Waals surface area (Å²) in [4.78, 5) is 23.4. The second kappa shape index (κ2) is 10.8. The summed E-state index contributed by atoms with van der Waals surface area (Å²) in [6.45, 7) is 4.34. The van der Waals surface area contributed by atoms with Crippen LogP contribution in [-0.2, 0) is 14.3 Å². The third-order valence-electron chi connectivity index (χ3n) is 4.72. The normalized spacial score (nSPS) is 22.8. The van der Waals surface area contributed by atoms with Crippen LogP contribution < -0.4 is 0 Å². The number of ether oxygens (including phenoxy) is 1. The minimum absolute atomic E-state index is 0.00718. The van der Waals surface area contributed by atoms with Gasteiger partial charge in [-0.25, -0.2) is 0 Å². The summed E-state index contributed by atoms with van der Waals surface area (Å²) in [6, 6.07) is 0. The van der Waals surface area contributed by atoms with Gasteiger partial charge in [0.05, 0.1) is 12.7 Å². The van der Waals surface area contributed by atoms with Crippen molar-refractivity contribution in [1.82, 2.24) is 0 Å². The molecule has 3 atom stereocenters. The largest absolute Gasteiger partial charge is 0.466 e. The highest BCUT2D eigenvalue weighted by Crippen LogP contribution is 2.36. The molecule has 3 unspecified atom stereocenters. The van der Waals surface area contributed by atoms with Crippen molar-refractivity contribution < 1.29 is 19.4 Å². The summed E-state index contributed by atoms with van der Waals surface area (Å²) in [5.74, 6) is 0.408. The molecule has 1 saturated carbocycles. The van der Waals surface area contributed by atoms with Gasteiger partial charge in [-0.2, -0.15) is 0 Å². The Hall–Kier alpha value is -0.900. The van der Waals surface area contributed by atoms with Crippen molar-refractivity contribution in [3.05, 3.63) is 0 Å². The zero-order chi connectivity index (χ0) is 16.4. The minimum Gasteiger partial charge on any atom is -0.466 e. The lowest BCUT2D eigenvalue weighted by molar-refractivity contribution is -0.143. The smallest absolute Gasteiger partial charge is 0.305 e. The first kappa shape index (κ1) is 19.1. The van der Waals surface area contributed by atoms with Crippen LogP contribution in [0.1, 0.15) is 78.1 Å². The van der Waals surface area contributed by atoms with Gasteiger partial charge in [0.2, 0.25) is 0 Å². The quantitative estimate of drug-likeness (QED) is 0.467. The van der Waals surface area contributed by atoms with Gasteiger partial charge >= 0.3 is 5.97 Å². The molecule has 1 rings (SSSR count). The van der Waals surface area contributed by atoms with Crippen LogP contribution in [0.25, 0.3) is 0 Å². The predicted molar refractivity (Wildman–Crippen MR) is 86.5 cm³/mol. The maximum absolute atomic E-state index is 12.0. The second-order valence-corrected chi connectivity index (χ2v) is 6.44. The molecule has 128 valence electrons. The Kier molecular flexibility index (Phi) is 9.37. The molecule has 0 saturated heterocycles. The average molecular weight is 312 g/mol. The van der Waals surface area contributed by atoms with E-state index in [0.29, 0.717) is 31.8 Å². The Bertz CT molecular complexity index is 340. The number of hydrogen-bond acceptors (Lipinski definition) is 4. The van der Waals surface area contributed by atoms with Crippen LogP contribution in [-0.4, -0.2) is 29.6 Å². The van der Waals surface area contributed by atoms with Gasteiger partial charge in [-0.1, -0.05) is 26.2 Å². The molecule has 0 aliphatic heterocycles. The van der Waals surface area contributed by atoms with E-state index in [0.717, 1.165) is 32.1 Å². The van der Waals surface area contributed by atoms with Gasteiger partial charge in [-0.05, 0) is 44.9 Å². The van der Waals surface area contributed by atoms with Crippen LogP contribution in [0, 0.1) is 11.8 Å². The van der Waals surface area contributed by atoms with E-state index in [1.165, 1.54) is 12.8 Å². The molecule has 22 heavy (non-hydrogen) atoms. The van der Waals surface area contributed by atoms with Crippen LogP contribution >= 0.6 is 0 Å². The lowest BCUT2D eigenvalue weighted by Crippen LogP contribution is -2.19. The molecular formula is C18H32O4. The van der Waals surface area contributed by atoms with E-state index < -0.39 is 0 Å². The first-order chi connectivity index (χ1) is 10.6. The van der Waals surface area contributed by atoms with E-state index in [-0.39, 0.29) is 23.8 Å². The van der Waals surface area contributed by atoms with Crippen LogP contribution in [0.15, 0.2) is 0 Å². The molecule has 4 heteroatoms. The van der Waals surface area contributed by atoms with Crippen LogP contribution in [0.4, 0.5) is 0 Å². The van der Waals surface area contributed by atoms with Crippen molar-refractivity contribution in [2.24, 2.45) is 11.8 Å². The SMILES string of the molecule is CCCCCC(O)CCC1CCC(=O)C1CCC(=O)OCC. The molecule has 0 aromatic heterocycles.